The Morgan fingerprint density at radius 1 is 1.20 bits per heavy atom. The summed E-state index contributed by atoms with van der Waals surface area (Å²) in [6.07, 6.45) is -1.82. The number of imidazole rings is 1. The summed E-state index contributed by atoms with van der Waals surface area (Å²) in [6, 6.07) is 1.77. The van der Waals surface area contributed by atoms with Gasteiger partial charge in [-0.25, -0.2) is 19.2 Å². The smallest absolute Gasteiger partial charge is 0.411 e. The van der Waals surface area contributed by atoms with E-state index < -0.39 is 48.1 Å². The van der Waals surface area contributed by atoms with E-state index in [2.05, 4.69) is 15.3 Å². The molecule has 45 heavy (non-hydrogen) atoms. The van der Waals surface area contributed by atoms with Crippen molar-refractivity contribution in [1.82, 2.24) is 24.3 Å². The van der Waals surface area contributed by atoms with Crippen molar-refractivity contribution in [1.29, 1.82) is 0 Å². The van der Waals surface area contributed by atoms with E-state index in [-0.39, 0.29) is 42.1 Å². The molecule has 238 valence electrons. The highest BCUT2D eigenvalue weighted by Gasteiger charge is 2.45. The molecule has 2 N–H and O–H groups in total. The summed E-state index contributed by atoms with van der Waals surface area (Å²) in [7, 11) is 1.63. The lowest BCUT2D eigenvalue weighted by Crippen LogP contribution is -2.53. The Morgan fingerprint density at radius 2 is 1.93 bits per heavy atom. The third-order valence-corrected chi connectivity index (χ3v) is 8.06. The van der Waals surface area contributed by atoms with E-state index in [0.29, 0.717) is 28.3 Å². The number of aromatic nitrogens is 4. The number of carboxylic acid groups (broad SMARTS) is 1. The first-order valence-electron chi connectivity index (χ1n) is 13.9. The predicted octanol–water partition coefficient (Wildman–Crippen LogP) is 3.35. The minimum absolute atomic E-state index is 0.0127. The fourth-order valence-electron chi connectivity index (χ4n) is 5.45. The van der Waals surface area contributed by atoms with Gasteiger partial charge in [-0.3, -0.25) is 9.59 Å². The number of rotatable bonds is 7. The summed E-state index contributed by atoms with van der Waals surface area (Å²) in [5, 5.41) is 12.3. The highest BCUT2D eigenvalue weighted by atomic mass is 19.4. The van der Waals surface area contributed by atoms with Crippen LogP contribution in [0.5, 0.6) is 0 Å². The summed E-state index contributed by atoms with van der Waals surface area (Å²) in [4.78, 5) is 48.2. The molecule has 4 heterocycles. The molecule has 3 aromatic heterocycles. The number of anilines is 1. The molecule has 1 fully saturated rings. The zero-order chi connectivity index (χ0) is 32.8. The molecule has 0 bridgehead atoms. The molecule has 11 nitrogen and oxygen atoms in total. The average Bonchev–Trinajstić information content (AvgIpc) is 3.47. The number of fused-ring (bicyclic) bond motifs is 1. The first kappa shape index (κ1) is 31.6. The van der Waals surface area contributed by atoms with Crippen LogP contribution in [-0.2, 0) is 23.0 Å². The standard InChI is InChI=1S/C30H30F4N6O5/c1-15-11-19(39-9-10-45-14-23(39)30(32,33)34)12-21(31)24(15)27(41)37-22(29(43)44)13-18-5-6-20(26-35-7-8-40(18)26)25-28(42)38(4)17(3)16(2)36-25/h5-8,11-12,22-23H,9-10,13-14H2,1-4H3,(H,37,41)(H,43,44)/t22-,23+/m0/s1. The lowest BCUT2D eigenvalue weighted by molar-refractivity contribution is -0.167. The maximum atomic E-state index is 15.3. The predicted molar refractivity (Wildman–Crippen MR) is 155 cm³/mol. The van der Waals surface area contributed by atoms with E-state index in [4.69, 9.17) is 4.74 Å². The lowest BCUT2D eigenvalue weighted by atomic mass is 10.0. The van der Waals surface area contributed by atoms with Crippen LogP contribution in [0.2, 0.25) is 0 Å². The molecule has 0 saturated carbocycles. The molecular weight excluding hydrogens is 600 g/mol. The molecule has 1 aliphatic heterocycles. The number of pyridine rings is 1. The van der Waals surface area contributed by atoms with Crippen LogP contribution < -0.4 is 15.8 Å². The molecule has 0 unspecified atom stereocenters. The second-order valence-corrected chi connectivity index (χ2v) is 10.9. The molecule has 1 aromatic carbocycles. The molecule has 0 spiro atoms. The number of nitrogens with zero attached hydrogens (tertiary/aromatic N) is 5. The molecule has 1 saturated heterocycles. The van der Waals surface area contributed by atoms with Gasteiger partial charge in [0.25, 0.3) is 11.5 Å². The van der Waals surface area contributed by atoms with Gasteiger partial charge < -0.3 is 29.0 Å². The monoisotopic (exact) mass is 630 g/mol. The maximum Gasteiger partial charge on any atom is 0.411 e. The van der Waals surface area contributed by atoms with Crippen LogP contribution in [-0.4, -0.2) is 73.9 Å². The molecule has 1 amide bonds. The van der Waals surface area contributed by atoms with Crippen LogP contribution in [0.25, 0.3) is 16.9 Å². The number of alkyl halides is 3. The number of aryl methyl sites for hydroxylation is 2. The Morgan fingerprint density at radius 3 is 2.60 bits per heavy atom. The number of carbonyl (C=O) groups is 2. The van der Waals surface area contributed by atoms with Crippen molar-refractivity contribution in [3.63, 3.8) is 0 Å². The molecule has 15 heteroatoms. The molecule has 5 rings (SSSR count). The van der Waals surface area contributed by atoms with Crippen molar-refractivity contribution < 1.29 is 37.0 Å². The minimum Gasteiger partial charge on any atom is -0.480 e. The molecule has 1 aliphatic rings. The van der Waals surface area contributed by atoms with Gasteiger partial charge in [0.05, 0.1) is 24.5 Å². The van der Waals surface area contributed by atoms with Gasteiger partial charge in [-0.2, -0.15) is 13.2 Å². The Labute approximate surface area is 254 Å². The third kappa shape index (κ3) is 5.99. The van der Waals surface area contributed by atoms with Crippen LogP contribution >= 0.6 is 0 Å². The maximum absolute atomic E-state index is 15.3. The third-order valence-electron chi connectivity index (χ3n) is 8.06. The fourth-order valence-corrected chi connectivity index (χ4v) is 5.45. The molecule has 4 aromatic rings. The zero-order valence-electron chi connectivity index (χ0n) is 24.8. The van der Waals surface area contributed by atoms with E-state index in [0.717, 1.165) is 11.0 Å². The van der Waals surface area contributed by atoms with Crippen molar-refractivity contribution in [3.05, 3.63) is 81.0 Å². The van der Waals surface area contributed by atoms with Crippen LogP contribution in [0.15, 0.2) is 41.5 Å². The normalized spacial score (nSPS) is 16.2. The Bertz CT molecular complexity index is 1850. The number of carbonyl (C=O) groups excluding carboxylic acids is 1. The van der Waals surface area contributed by atoms with E-state index in [1.54, 1.807) is 43.6 Å². The van der Waals surface area contributed by atoms with Crippen molar-refractivity contribution in [3.8, 4) is 11.3 Å². The highest BCUT2D eigenvalue weighted by molar-refractivity contribution is 5.98. The Balaban J connectivity index is 1.42. The number of halogens is 4. The van der Waals surface area contributed by atoms with Crippen LogP contribution in [0.3, 0.4) is 0 Å². The number of benzene rings is 1. The number of ether oxygens (including phenoxy) is 1. The quantitative estimate of drug-likeness (QED) is 0.298. The van der Waals surface area contributed by atoms with Crippen molar-refractivity contribution in [2.45, 2.75) is 45.5 Å². The summed E-state index contributed by atoms with van der Waals surface area (Å²) in [5.74, 6) is -3.54. The first-order valence-corrected chi connectivity index (χ1v) is 13.9. The number of hydrogen-bond acceptors (Lipinski definition) is 7. The van der Waals surface area contributed by atoms with Gasteiger partial charge in [-0.05, 0) is 50.6 Å². The Hall–Kier alpha value is -4.79. The average molecular weight is 631 g/mol. The molecule has 2 atom stereocenters. The van der Waals surface area contributed by atoms with Crippen molar-refractivity contribution in [2.75, 3.05) is 24.7 Å². The number of amides is 1. The van der Waals surface area contributed by atoms with E-state index in [9.17, 15) is 32.7 Å². The van der Waals surface area contributed by atoms with E-state index in [1.165, 1.54) is 23.8 Å². The SMILES string of the molecule is Cc1cc(N2CCOC[C@@H]2C(F)(F)F)cc(F)c1C(=O)N[C@@H](Cc1ccc(-c2nc(C)c(C)n(C)c2=O)c2nccn12)C(=O)O. The van der Waals surface area contributed by atoms with Crippen molar-refractivity contribution in [2.24, 2.45) is 7.05 Å². The molecule has 0 radical (unpaired) electrons. The van der Waals surface area contributed by atoms with Gasteiger partial charge >= 0.3 is 12.1 Å². The first-order chi connectivity index (χ1) is 21.2. The van der Waals surface area contributed by atoms with Gasteiger partial charge in [0.2, 0.25) is 0 Å². The number of aliphatic carboxylic acids is 1. The largest absolute Gasteiger partial charge is 0.480 e. The zero-order valence-corrected chi connectivity index (χ0v) is 24.8. The topological polar surface area (TPSA) is 131 Å². The summed E-state index contributed by atoms with van der Waals surface area (Å²) >= 11 is 0. The second-order valence-electron chi connectivity index (χ2n) is 10.9. The molecular formula is C30H30F4N6O5. The summed E-state index contributed by atoms with van der Waals surface area (Å²) in [6.45, 7) is 4.17. The van der Waals surface area contributed by atoms with Crippen LogP contribution in [0, 0.1) is 26.6 Å². The Kier molecular flexibility index (Phi) is 8.40. The fraction of sp³-hybridized carbons (Fsp3) is 0.367. The van der Waals surface area contributed by atoms with Crippen LogP contribution in [0.1, 0.15) is 33.0 Å². The lowest BCUT2D eigenvalue weighted by Gasteiger charge is -2.38. The van der Waals surface area contributed by atoms with Gasteiger partial charge in [0.1, 0.15) is 29.2 Å². The summed E-state index contributed by atoms with van der Waals surface area (Å²) < 4.78 is 64.1. The molecule has 0 aliphatic carbocycles. The highest BCUT2D eigenvalue weighted by Crippen LogP contribution is 2.33. The van der Waals surface area contributed by atoms with Gasteiger partial charge in [0.15, 0.2) is 0 Å². The minimum atomic E-state index is -4.63. The summed E-state index contributed by atoms with van der Waals surface area (Å²) in [5.41, 5.74) is 1.84. The number of nitrogens with one attached hydrogen (secondary N) is 1. The van der Waals surface area contributed by atoms with E-state index in [1.807, 2.05) is 0 Å². The van der Waals surface area contributed by atoms with Crippen molar-refractivity contribution >= 4 is 23.2 Å². The van der Waals surface area contributed by atoms with E-state index >= 15 is 4.39 Å². The van der Waals surface area contributed by atoms with Gasteiger partial charge in [-0.1, -0.05) is 0 Å². The van der Waals surface area contributed by atoms with Gasteiger partial charge in [-0.15, -0.1) is 0 Å². The number of carboxylic acids is 1. The van der Waals surface area contributed by atoms with Crippen LogP contribution in [0.4, 0.5) is 23.2 Å². The van der Waals surface area contributed by atoms with Gasteiger partial charge in [0, 0.05) is 55.0 Å². The number of morpholine rings is 1. The number of hydrogen-bond donors (Lipinski definition) is 2. The second kappa shape index (κ2) is 12.0.